The first-order valence-corrected chi connectivity index (χ1v) is 9.41. The van der Waals surface area contributed by atoms with Gasteiger partial charge in [0.2, 0.25) is 0 Å². The van der Waals surface area contributed by atoms with E-state index in [1.165, 1.54) is 57.8 Å². The molecule has 0 bridgehead atoms. The van der Waals surface area contributed by atoms with Gasteiger partial charge in [-0.1, -0.05) is 63.1 Å². The van der Waals surface area contributed by atoms with Crippen LogP contribution in [-0.2, 0) is 0 Å². The summed E-state index contributed by atoms with van der Waals surface area (Å²) in [6.07, 6.45) is 13.1. The number of oxazole rings is 1. The quantitative estimate of drug-likeness (QED) is 0.835. The lowest BCUT2D eigenvalue weighted by atomic mass is 9.98. The second-order valence-corrected chi connectivity index (χ2v) is 7.54. The molecule has 0 saturated heterocycles. The van der Waals surface area contributed by atoms with Gasteiger partial charge >= 0.3 is 0 Å². The molecule has 4 heteroatoms. The van der Waals surface area contributed by atoms with E-state index in [1.54, 1.807) is 11.8 Å². The normalized spacial score (nSPS) is 26.0. The summed E-state index contributed by atoms with van der Waals surface area (Å²) < 4.78 is 5.73. The van der Waals surface area contributed by atoms with Crippen LogP contribution < -0.4 is 5.73 Å². The summed E-state index contributed by atoms with van der Waals surface area (Å²) in [6.45, 7) is 3.98. The largest absolute Gasteiger partial charge is 0.437 e. The van der Waals surface area contributed by atoms with E-state index in [9.17, 15) is 0 Å². The number of nitrogens with two attached hydrogens (primary N) is 1. The molecule has 2 atom stereocenters. The van der Waals surface area contributed by atoms with Crippen LogP contribution in [-0.4, -0.2) is 16.3 Å². The SMILES string of the molecule is Cc1nc(SC2CCCCCCCCCCC2N)oc1C. The van der Waals surface area contributed by atoms with E-state index in [-0.39, 0.29) is 6.04 Å². The van der Waals surface area contributed by atoms with Gasteiger partial charge in [-0.2, -0.15) is 0 Å². The molecule has 0 radical (unpaired) electrons. The van der Waals surface area contributed by atoms with Crippen molar-refractivity contribution in [1.29, 1.82) is 0 Å². The lowest BCUT2D eigenvalue weighted by Crippen LogP contribution is -2.32. The summed E-state index contributed by atoms with van der Waals surface area (Å²) in [6, 6.07) is 0.266. The predicted molar refractivity (Wildman–Crippen MR) is 89.8 cm³/mol. The second kappa shape index (κ2) is 8.84. The van der Waals surface area contributed by atoms with Crippen molar-refractivity contribution in [3.05, 3.63) is 11.5 Å². The summed E-state index contributed by atoms with van der Waals surface area (Å²) in [4.78, 5) is 4.51. The van der Waals surface area contributed by atoms with Crippen LogP contribution in [0.2, 0.25) is 0 Å². The first-order valence-electron chi connectivity index (χ1n) is 8.53. The zero-order valence-electron chi connectivity index (χ0n) is 13.6. The first kappa shape index (κ1) is 16.9. The molecule has 1 aromatic heterocycles. The van der Waals surface area contributed by atoms with E-state index in [0.29, 0.717) is 5.25 Å². The van der Waals surface area contributed by atoms with Gasteiger partial charge in [-0.05, 0) is 26.7 Å². The van der Waals surface area contributed by atoms with E-state index in [0.717, 1.165) is 23.1 Å². The summed E-state index contributed by atoms with van der Waals surface area (Å²) in [7, 11) is 0. The average Bonchev–Trinajstić information content (AvgIpc) is 2.76. The fourth-order valence-corrected chi connectivity index (χ4v) is 4.17. The lowest BCUT2D eigenvalue weighted by molar-refractivity contribution is 0.425. The molecule has 1 heterocycles. The van der Waals surface area contributed by atoms with Crippen LogP contribution in [0, 0.1) is 13.8 Å². The Labute approximate surface area is 133 Å². The van der Waals surface area contributed by atoms with Crippen molar-refractivity contribution < 1.29 is 4.42 Å². The molecule has 2 unspecified atom stereocenters. The van der Waals surface area contributed by atoms with Gasteiger partial charge in [0.1, 0.15) is 5.76 Å². The minimum Gasteiger partial charge on any atom is -0.437 e. The molecule has 2 rings (SSSR count). The van der Waals surface area contributed by atoms with Crippen LogP contribution in [0.5, 0.6) is 0 Å². The maximum Gasteiger partial charge on any atom is 0.256 e. The zero-order valence-corrected chi connectivity index (χ0v) is 14.4. The van der Waals surface area contributed by atoms with Crippen molar-refractivity contribution in [2.75, 3.05) is 0 Å². The summed E-state index contributed by atoms with van der Waals surface area (Å²) in [5, 5.41) is 1.25. The Morgan fingerprint density at radius 2 is 1.52 bits per heavy atom. The number of rotatable bonds is 2. The Bertz CT molecular complexity index is 399. The molecular formula is C17H30N2OS. The van der Waals surface area contributed by atoms with Crippen molar-refractivity contribution in [3.8, 4) is 0 Å². The van der Waals surface area contributed by atoms with Crippen molar-refractivity contribution in [3.63, 3.8) is 0 Å². The van der Waals surface area contributed by atoms with Gasteiger partial charge in [0.15, 0.2) is 0 Å². The van der Waals surface area contributed by atoms with E-state index < -0.39 is 0 Å². The monoisotopic (exact) mass is 310 g/mol. The minimum absolute atomic E-state index is 0.266. The van der Waals surface area contributed by atoms with Crippen LogP contribution >= 0.6 is 11.8 Å². The van der Waals surface area contributed by atoms with Gasteiger partial charge in [0.05, 0.1) is 5.69 Å². The average molecular weight is 311 g/mol. The third kappa shape index (κ3) is 5.67. The van der Waals surface area contributed by atoms with Crippen molar-refractivity contribution in [1.82, 2.24) is 4.98 Å². The van der Waals surface area contributed by atoms with E-state index in [2.05, 4.69) is 4.98 Å². The molecule has 1 aromatic rings. The van der Waals surface area contributed by atoms with E-state index >= 15 is 0 Å². The molecule has 3 nitrogen and oxygen atoms in total. The maximum atomic E-state index is 6.46. The zero-order chi connectivity index (χ0) is 15.1. The number of nitrogens with zero attached hydrogens (tertiary/aromatic N) is 1. The van der Waals surface area contributed by atoms with Crippen LogP contribution in [0.25, 0.3) is 0 Å². The number of hydrogen-bond acceptors (Lipinski definition) is 4. The van der Waals surface area contributed by atoms with Gasteiger partial charge < -0.3 is 10.2 Å². The van der Waals surface area contributed by atoms with Gasteiger partial charge in [0, 0.05) is 11.3 Å². The maximum absolute atomic E-state index is 6.46. The lowest BCUT2D eigenvalue weighted by Gasteiger charge is -2.22. The second-order valence-electron chi connectivity index (χ2n) is 6.35. The molecule has 120 valence electrons. The number of thioether (sulfide) groups is 1. The summed E-state index contributed by atoms with van der Waals surface area (Å²) in [5.74, 6) is 0.930. The Morgan fingerprint density at radius 3 is 2.10 bits per heavy atom. The Morgan fingerprint density at radius 1 is 0.952 bits per heavy atom. The highest BCUT2D eigenvalue weighted by molar-refractivity contribution is 7.99. The van der Waals surface area contributed by atoms with Crippen LogP contribution in [0.4, 0.5) is 0 Å². The summed E-state index contributed by atoms with van der Waals surface area (Å²) in [5.41, 5.74) is 7.46. The molecule has 0 aliphatic heterocycles. The molecule has 1 aliphatic rings. The van der Waals surface area contributed by atoms with E-state index in [4.69, 9.17) is 10.2 Å². The first-order chi connectivity index (χ1) is 10.2. The highest BCUT2D eigenvalue weighted by Crippen LogP contribution is 2.31. The van der Waals surface area contributed by atoms with Crippen LogP contribution in [0.15, 0.2) is 9.64 Å². The molecule has 1 aliphatic carbocycles. The fraction of sp³-hybridized carbons (Fsp3) is 0.824. The van der Waals surface area contributed by atoms with Crippen molar-refractivity contribution >= 4 is 11.8 Å². The summed E-state index contributed by atoms with van der Waals surface area (Å²) >= 11 is 1.76. The molecule has 1 fully saturated rings. The number of hydrogen-bond donors (Lipinski definition) is 1. The molecule has 0 spiro atoms. The van der Waals surface area contributed by atoms with Gasteiger partial charge in [0.25, 0.3) is 5.22 Å². The predicted octanol–water partition coefficient (Wildman–Crippen LogP) is 4.99. The topological polar surface area (TPSA) is 52.0 Å². The number of aromatic nitrogens is 1. The van der Waals surface area contributed by atoms with Gasteiger partial charge in [-0.15, -0.1) is 0 Å². The third-order valence-electron chi connectivity index (χ3n) is 4.51. The highest BCUT2D eigenvalue weighted by Gasteiger charge is 2.21. The number of aryl methyl sites for hydroxylation is 2. The molecule has 2 N–H and O–H groups in total. The molecular weight excluding hydrogens is 280 g/mol. The third-order valence-corrected chi connectivity index (χ3v) is 5.78. The standard InChI is InChI=1S/C17H30N2OS/c1-13-14(2)20-17(19-13)21-16-12-10-8-6-4-3-5-7-9-11-15(16)18/h15-16H,3-12,18H2,1-2H3. The Balaban J connectivity index is 1.94. The smallest absolute Gasteiger partial charge is 0.256 e. The van der Waals surface area contributed by atoms with E-state index in [1.807, 2.05) is 13.8 Å². The Kier molecular flexibility index (Phi) is 7.11. The van der Waals surface area contributed by atoms with Gasteiger partial charge in [-0.3, -0.25) is 0 Å². The Hall–Kier alpha value is -0.480. The molecule has 0 amide bonds. The van der Waals surface area contributed by atoms with Gasteiger partial charge in [-0.25, -0.2) is 4.98 Å². The molecule has 1 saturated carbocycles. The van der Waals surface area contributed by atoms with Crippen molar-refractivity contribution in [2.45, 2.75) is 94.6 Å². The fourth-order valence-electron chi connectivity index (χ4n) is 2.96. The van der Waals surface area contributed by atoms with Crippen molar-refractivity contribution in [2.24, 2.45) is 5.73 Å². The highest BCUT2D eigenvalue weighted by atomic mass is 32.2. The van der Waals surface area contributed by atoms with Crippen LogP contribution in [0.1, 0.15) is 75.7 Å². The minimum atomic E-state index is 0.266. The van der Waals surface area contributed by atoms with Crippen LogP contribution in [0.3, 0.4) is 0 Å². The molecule has 21 heavy (non-hydrogen) atoms. The molecule has 0 aromatic carbocycles.